The van der Waals surface area contributed by atoms with E-state index in [2.05, 4.69) is 293 Å². The highest BCUT2D eigenvalue weighted by Gasteiger charge is 2.29. The van der Waals surface area contributed by atoms with Crippen LogP contribution in [0.2, 0.25) is 0 Å². The molecule has 19 heteroatoms. The molecular formula is C97H188N16S3. The van der Waals surface area contributed by atoms with Gasteiger partial charge in [0.2, 0.25) is 0 Å². The number of allylic oxidation sites excluding steroid dienone is 1. The SMILES string of the molecule is C.CC.CC.CC.CC.CC.CC.CC.CC.CC.CC.CC.CC(C)(C)N1CCCC2=C1CN=C2.CC(C)(C)c1ccccn1.CC(C)(C)c1ccn[nH]1.CC(C)(C)c1cn[nH]c1.CC(C)(C)c1cnsc1.CC(C)(C)c1csnn1.CC(C)(C)c1nccs1.CC(C)(C)n1cccn1.CC(C)(C)n1nccn1.Cc1ccccc1. The molecule has 8 aromatic heterocycles. The maximum Gasteiger partial charge on any atom is 0.0978 e. The molecule has 0 bridgehead atoms. The fraction of sp³-hybridized carbons (Fsp3) is 0.660. The molecule has 2 aliphatic rings. The van der Waals surface area contributed by atoms with E-state index in [1.54, 1.807) is 40.9 Å². The number of pyridine rings is 1. The minimum Gasteiger partial charge on any atom is -0.368 e. The zero-order valence-corrected chi connectivity index (χ0v) is 86.6. The number of H-pyrrole nitrogens is 2. The van der Waals surface area contributed by atoms with Gasteiger partial charge in [-0.1, -0.05) is 331 Å². The van der Waals surface area contributed by atoms with Crippen molar-refractivity contribution >= 4 is 40.6 Å². The Morgan fingerprint density at radius 2 is 0.922 bits per heavy atom. The lowest BCUT2D eigenvalue weighted by atomic mass is 9.90. The number of thiazole rings is 1. The van der Waals surface area contributed by atoms with Crippen molar-refractivity contribution < 1.29 is 0 Å². The Morgan fingerprint density at radius 1 is 0.422 bits per heavy atom. The summed E-state index contributed by atoms with van der Waals surface area (Å²) in [6.45, 7) is 107. The minimum absolute atomic E-state index is 0. The number of hydrogen-bond donors (Lipinski definition) is 2. The quantitative estimate of drug-likeness (QED) is 0.147. The smallest absolute Gasteiger partial charge is 0.0978 e. The van der Waals surface area contributed by atoms with Gasteiger partial charge < -0.3 is 4.90 Å². The highest BCUT2D eigenvalue weighted by molar-refractivity contribution is 7.09. The average Bonchev–Trinajstić information content (AvgIpc) is 1.60. The Hall–Kier alpha value is -6.83. The van der Waals surface area contributed by atoms with Crippen molar-refractivity contribution in [2.24, 2.45) is 4.99 Å². The number of nitrogens with zero attached hydrogens (tertiary/aromatic N) is 14. The summed E-state index contributed by atoms with van der Waals surface area (Å²) in [6.07, 6.45) is 22.9. The fourth-order valence-electron chi connectivity index (χ4n) is 7.75. The Kier molecular flexibility index (Phi) is 87.8. The van der Waals surface area contributed by atoms with E-state index in [1.165, 1.54) is 81.1 Å². The van der Waals surface area contributed by atoms with Crippen molar-refractivity contribution in [3.05, 3.63) is 189 Å². The Balaban J connectivity index is -0.000000114. The summed E-state index contributed by atoms with van der Waals surface area (Å²) in [4.78, 5) is 17.0. The van der Waals surface area contributed by atoms with Gasteiger partial charge in [0.25, 0.3) is 0 Å². The number of nitrogens with one attached hydrogen (secondary N) is 2. The first-order valence-electron chi connectivity index (χ1n) is 43.2. The maximum atomic E-state index is 4.35. The van der Waals surface area contributed by atoms with E-state index in [1.807, 2.05) is 247 Å². The summed E-state index contributed by atoms with van der Waals surface area (Å²) in [7, 11) is 0. The summed E-state index contributed by atoms with van der Waals surface area (Å²) in [5, 5.41) is 36.8. The molecule has 674 valence electrons. The zero-order chi connectivity index (χ0) is 92.5. The molecule has 0 amide bonds. The Bertz CT molecular complexity index is 2880. The van der Waals surface area contributed by atoms with Gasteiger partial charge in [-0.05, 0) is 157 Å². The van der Waals surface area contributed by atoms with Crippen LogP contribution in [0.4, 0.5) is 0 Å². The van der Waals surface area contributed by atoms with E-state index >= 15 is 0 Å². The third-order valence-electron chi connectivity index (χ3n) is 13.6. The van der Waals surface area contributed by atoms with Crippen LogP contribution >= 0.6 is 34.4 Å². The second-order valence-electron chi connectivity index (χ2n) is 31.8. The molecule has 2 N–H and O–H groups in total. The van der Waals surface area contributed by atoms with Gasteiger partial charge in [0, 0.05) is 117 Å². The summed E-state index contributed by atoms with van der Waals surface area (Å²) >= 11 is 4.64. The van der Waals surface area contributed by atoms with E-state index in [0.717, 1.165) is 17.9 Å². The second-order valence-corrected chi connectivity index (χ2v) is 34.0. The normalized spacial score (nSPS) is 11.1. The summed E-state index contributed by atoms with van der Waals surface area (Å²) in [6, 6.07) is 20.2. The van der Waals surface area contributed by atoms with Crippen molar-refractivity contribution in [1.29, 1.82) is 0 Å². The third-order valence-corrected chi connectivity index (χ3v) is 15.9. The lowest BCUT2D eigenvalue weighted by molar-refractivity contribution is 0.172. The summed E-state index contributed by atoms with van der Waals surface area (Å²) in [5.74, 6) is 0. The van der Waals surface area contributed by atoms with E-state index in [4.69, 9.17) is 0 Å². The molecule has 0 fully saturated rings. The van der Waals surface area contributed by atoms with Crippen LogP contribution < -0.4 is 0 Å². The van der Waals surface area contributed by atoms with Crippen molar-refractivity contribution in [2.45, 2.75) is 416 Å². The van der Waals surface area contributed by atoms with Gasteiger partial charge in [-0.3, -0.25) is 24.9 Å². The molecule has 0 spiro atoms. The van der Waals surface area contributed by atoms with Crippen molar-refractivity contribution in [1.82, 2.24) is 74.0 Å². The standard InChI is InChI=1S/C11H18N2.C9H13N.3C7H12N2.2C7H11NS.C7H8.C6H11N3.C6H10N2S.11C2H6.CH4/c1-11(2,3)13-6-4-5-9-7-12-8-10(9)13;1-9(2,3)8-6-4-5-7-10-8;1-7(2,3)6-4-8-9-5-6;1-7(2,3)9-6-4-5-8-9;1-7(2,3)6-4-5-8-9-6;1-7(2,3)6-4-8-9-5-6;1-7(2,3)6-8-4-5-9-6;1-7-5-3-2-4-6-7;1-6(2,3)9-7-4-5-8-9;1-6(2,3)5-4-9-8-7-5;11*1-2;/h7H,4-6,8H2,1-3H3;4-7H,1-3H3;4-5H,1-3H3,(H,8,9);4-6H,1-3H3;4-5H,1-3H3,(H,8,9);2*4-5H,1-3H3;2-6H,1H3;4-5H,1-3H3;4H,1-3H3;11*1-2H3;1H4. The van der Waals surface area contributed by atoms with Crippen LogP contribution in [0.3, 0.4) is 0 Å². The fourth-order valence-corrected chi connectivity index (χ4v) is 9.92. The van der Waals surface area contributed by atoms with E-state index in [-0.39, 0.29) is 56.5 Å². The van der Waals surface area contributed by atoms with E-state index in [0.29, 0.717) is 0 Å². The number of aromatic amines is 2. The lowest BCUT2D eigenvalue weighted by Gasteiger charge is -2.41. The first-order valence-corrected chi connectivity index (χ1v) is 45.7. The van der Waals surface area contributed by atoms with Crippen LogP contribution in [0.1, 0.15) is 398 Å². The van der Waals surface area contributed by atoms with Gasteiger partial charge in [-0.15, -0.1) is 16.4 Å². The van der Waals surface area contributed by atoms with Crippen molar-refractivity contribution in [2.75, 3.05) is 13.1 Å². The molecule has 0 atom stereocenters. The third kappa shape index (κ3) is 69.2. The number of aromatic nitrogens is 14. The Morgan fingerprint density at radius 3 is 1.16 bits per heavy atom. The molecule has 116 heavy (non-hydrogen) atoms. The monoisotopic (exact) mass is 1670 g/mol. The molecule has 0 saturated carbocycles. The predicted molar refractivity (Wildman–Crippen MR) is 529 cm³/mol. The summed E-state index contributed by atoms with van der Waals surface area (Å²) < 4.78 is 9.75. The summed E-state index contributed by atoms with van der Waals surface area (Å²) in [5.41, 5.74) is 11.9. The van der Waals surface area contributed by atoms with Crippen LogP contribution in [-0.4, -0.2) is 98.8 Å². The number of rotatable bonds is 0. The first kappa shape index (κ1) is 133. The number of hydrogen-bond acceptors (Lipinski definition) is 15. The van der Waals surface area contributed by atoms with Crippen LogP contribution in [0.5, 0.6) is 0 Å². The van der Waals surface area contributed by atoms with E-state index in [9.17, 15) is 0 Å². The minimum atomic E-state index is 0. The molecule has 0 radical (unpaired) electrons. The second kappa shape index (κ2) is 76.8. The number of benzene rings is 1. The van der Waals surface area contributed by atoms with Crippen LogP contribution in [0.15, 0.2) is 155 Å². The molecule has 2 aliphatic heterocycles. The van der Waals surface area contributed by atoms with Crippen LogP contribution in [0.25, 0.3) is 0 Å². The molecular weight excluding hydrogens is 1490 g/mol. The molecule has 0 aliphatic carbocycles. The van der Waals surface area contributed by atoms with Crippen molar-refractivity contribution in [3.63, 3.8) is 0 Å². The number of aryl methyl sites for hydroxylation is 1. The van der Waals surface area contributed by atoms with Gasteiger partial charge >= 0.3 is 0 Å². The molecule has 10 heterocycles. The van der Waals surface area contributed by atoms with Gasteiger partial charge in [0.1, 0.15) is 0 Å². The Labute approximate surface area is 732 Å². The predicted octanol–water partition coefficient (Wildman–Crippen LogP) is 31.3. The molecule has 0 unspecified atom stereocenters. The van der Waals surface area contributed by atoms with E-state index < -0.39 is 0 Å². The van der Waals surface area contributed by atoms with Gasteiger partial charge in [0.15, 0.2) is 0 Å². The molecule has 0 saturated heterocycles. The van der Waals surface area contributed by atoms with Crippen LogP contribution in [-0.2, 0) is 43.6 Å². The molecule has 16 nitrogen and oxygen atoms in total. The van der Waals surface area contributed by atoms with Crippen molar-refractivity contribution in [3.8, 4) is 0 Å². The highest BCUT2D eigenvalue weighted by Crippen LogP contribution is 2.31. The van der Waals surface area contributed by atoms with Gasteiger partial charge in [-0.2, -0.15) is 30.3 Å². The zero-order valence-electron chi connectivity index (χ0n) is 84.2. The van der Waals surface area contributed by atoms with Gasteiger partial charge in [0.05, 0.1) is 46.9 Å². The first-order chi connectivity index (χ1) is 53.8. The number of aliphatic imine (C=N–C) groups is 1. The topological polar surface area (TPSA) is 186 Å². The molecule has 9 aromatic rings. The molecule has 11 rings (SSSR count). The van der Waals surface area contributed by atoms with Crippen LogP contribution in [0, 0.1) is 6.92 Å². The largest absolute Gasteiger partial charge is 0.368 e. The highest BCUT2D eigenvalue weighted by atomic mass is 32.1. The maximum absolute atomic E-state index is 4.35. The average molecular weight is 1670 g/mol. The molecule has 1 aromatic carbocycles. The van der Waals surface area contributed by atoms with Gasteiger partial charge in [-0.25, -0.2) is 9.36 Å². The lowest BCUT2D eigenvalue weighted by Crippen LogP contribution is -2.43.